The number of alkyl carbamates (subject to hydrolysis) is 2. The van der Waals surface area contributed by atoms with Crippen molar-refractivity contribution in [2.75, 3.05) is 52.5 Å². The Balaban J connectivity index is 4.04. The average Bonchev–Trinajstić information content (AvgIpc) is 2.65. The highest BCUT2D eigenvalue weighted by molar-refractivity contribution is 5.67. The molecule has 0 heterocycles. The van der Waals surface area contributed by atoms with Crippen molar-refractivity contribution < 1.29 is 19.1 Å². The van der Waals surface area contributed by atoms with Gasteiger partial charge in [0.15, 0.2) is 0 Å². The van der Waals surface area contributed by atoms with Gasteiger partial charge in [-0.2, -0.15) is 0 Å². The molecule has 0 aliphatic rings. The van der Waals surface area contributed by atoms with Gasteiger partial charge in [-0.1, -0.05) is 33.1 Å². The van der Waals surface area contributed by atoms with Crippen LogP contribution in [0.3, 0.4) is 0 Å². The Labute approximate surface area is 164 Å². The number of carbonyl (C=O) groups is 2. The summed E-state index contributed by atoms with van der Waals surface area (Å²) >= 11 is 0. The number of nitrogens with one attached hydrogen (secondary N) is 2. The van der Waals surface area contributed by atoms with Crippen LogP contribution in [0.1, 0.15) is 58.8 Å². The minimum absolute atomic E-state index is 0.317. The minimum atomic E-state index is -0.377. The summed E-state index contributed by atoms with van der Waals surface area (Å²) in [6, 6.07) is 0. The average molecular weight is 389 g/mol. The maximum Gasteiger partial charge on any atom is 0.407 e. The van der Waals surface area contributed by atoms with Gasteiger partial charge in [0, 0.05) is 26.2 Å². The summed E-state index contributed by atoms with van der Waals surface area (Å²) in [6.45, 7) is 8.84. The lowest BCUT2D eigenvalue weighted by Crippen LogP contribution is -2.35. The molecule has 0 aromatic heterocycles. The fourth-order valence-electron chi connectivity index (χ4n) is 2.36. The third kappa shape index (κ3) is 17.6. The number of rotatable bonds is 17. The van der Waals surface area contributed by atoms with Gasteiger partial charge in [0.1, 0.15) is 13.2 Å². The van der Waals surface area contributed by atoms with E-state index in [1.165, 1.54) is 0 Å². The molecule has 8 heteroatoms. The molecule has 0 bridgehead atoms. The first kappa shape index (κ1) is 25.5. The monoisotopic (exact) mass is 388 g/mol. The van der Waals surface area contributed by atoms with Crippen LogP contribution in [0.15, 0.2) is 0 Å². The van der Waals surface area contributed by atoms with Crippen molar-refractivity contribution in [1.29, 1.82) is 0 Å². The minimum Gasteiger partial charge on any atom is -0.448 e. The third-order valence-corrected chi connectivity index (χ3v) is 4.06. The number of unbranched alkanes of at least 4 members (excludes halogenated alkanes) is 4. The van der Waals surface area contributed by atoms with Crippen molar-refractivity contribution in [1.82, 2.24) is 15.5 Å². The highest BCUT2D eigenvalue weighted by Gasteiger charge is 2.09. The van der Waals surface area contributed by atoms with Crippen LogP contribution in [-0.4, -0.2) is 69.6 Å². The molecule has 0 spiro atoms. The lowest BCUT2D eigenvalue weighted by Gasteiger charge is -2.22. The van der Waals surface area contributed by atoms with Crippen LogP contribution in [-0.2, 0) is 9.47 Å². The zero-order valence-corrected chi connectivity index (χ0v) is 17.3. The fourth-order valence-corrected chi connectivity index (χ4v) is 2.36. The molecule has 0 unspecified atom stereocenters. The van der Waals surface area contributed by atoms with E-state index in [9.17, 15) is 9.59 Å². The summed E-state index contributed by atoms with van der Waals surface area (Å²) in [6.07, 6.45) is 6.27. The third-order valence-electron chi connectivity index (χ3n) is 4.06. The van der Waals surface area contributed by atoms with Crippen LogP contribution in [0, 0.1) is 0 Å². The molecule has 0 atom stereocenters. The Kier molecular flexibility index (Phi) is 18.1. The number of nitrogens with zero attached hydrogens (tertiary/aromatic N) is 1. The van der Waals surface area contributed by atoms with Crippen LogP contribution in [0.2, 0.25) is 0 Å². The van der Waals surface area contributed by atoms with Crippen molar-refractivity contribution >= 4 is 12.2 Å². The number of hydrogen-bond donors (Lipinski definition) is 3. The Bertz CT molecular complexity index is 342. The van der Waals surface area contributed by atoms with E-state index in [4.69, 9.17) is 15.2 Å². The molecule has 0 aromatic rings. The van der Waals surface area contributed by atoms with Gasteiger partial charge < -0.3 is 25.8 Å². The second kappa shape index (κ2) is 19.2. The number of hydrogen-bond acceptors (Lipinski definition) is 6. The molecule has 4 N–H and O–H groups in total. The summed E-state index contributed by atoms with van der Waals surface area (Å²) in [5.74, 6) is 0. The van der Waals surface area contributed by atoms with Crippen LogP contribution in [0.5, 0.6) is 0 Å². The highest BCUT2D eigenvalue weighted by atomic mass is 16.6. The summed E-state index contributed by atoms with van der Waals surface area (Å²) in [5, 5.41) is 5.46. The van der Waals surface area contributed by atoms with E-state index in [2.05, 4.69) is 29.4 Å². The van der Waals surface area contributed by atoms with Gasteiger partial charge >= 0.3 is 12.2 Å². The van der Waals surface area contributed by atoms with Gasteiger partial charge in [-0.05, 0) is 38.8 Å². The normalized spacial score (nSPS) is 10.7. The summed E-state index contributed by atoms with van der Waals surface area (Å²) in [4.78, 5) is 25.3. The molecule has 0 rings (SSSR count). The molecule has 0 fully saturated rings. The van der Waals surface area contributed by atoms with Crippen LogP contribution < -0.4 is 16.4 Å². The Morgan fingerprint density at radius 3 is 1.74 bits per heavy atom. The lowest BCUT2D eigenvalue weighted by molar-refractivity contribution is 0.106. The van der Waals surface area contributed by atoms with E-state index < -0.39 is 0 Å². The zero-order valence-electron chi connectivity index (χ0n) is 17.3. The van der Waals surface area contributed by atoms with Gasteiger partial charge in [-0.25, -0.2) is 9.59 Å². The first-order chi connectivity index (χ1) is 13.1. The SMILES string of the molecule is CCCCNC(=O)OCCN(CCCCCN)CCOC(=O)NCCCC. The van der Waals surface area contributed by atoms with Gasteiger partial charge in [-0.3, -0.25) is 4.90 Å². The number of carbonyl (C=O) groups excluding carboxylic acids is 2. The second-order valence-electron chi connectivity index (χ2n) is 6.52. The summed E-state index contributed by atoms with van der Waals surface area (Å²) < 4.78 is 10.4. The maximum atomic E-state index is 11.6. The predicted octanol–water partition coefficient (Wildman–Crippen LogP) is 2.47. The van der Waals surface area contributed by atoms with E-state index in [0.717, 1.165) is 51.5 Å². The molecule has 27 heavy (non-hydrogen) atoms. The van der Waals surface area contributed by atoms with Crippen LogP contribution in [0.25, 0.3) is 0 Å². The van der Waals surface area contributed by atoms with E-state index in [1.54, 1.807) is 0 Å². The van der Waals surface area contributed by atoms with E-state index in [1.807, 2.05) is 0 Å². The molecule has 0 radical (unpaired) electrons. The Hall–Kier alpha value is -1.54. The van der Waals surface area contributed by atoms with Crippen molar-refractivity contribution in [3.63, 3.8) is 0 Å². The van der Waals surface area contributed by atoms with Crippen LogP contribution >= 0.6 is 0 Å². The first-order valence-corrected chi connectivity index (χ1v) is 10.4. The molecule has 2 amide bonds. The van der Waals surface area contributed by atoms with Crippen molar-refractivity contribution in [3.8, 4) is 0 Å². The van der Waals surface area contributed by atoms with Crippen molar-refractivity contribution in [2.45, 2.75) is 58.8 Å². The van der Waals surface area contributed by atoms with E-state index >= 15 is 0 Å². The molecule has 0 saturated carbocycles. The first-order valence-electron chi connectivity index (χ1n) is 10.4. The fraction of sp³-hybridized carbons (Fsp3) is 0.895. The molecular weight excluding hydrogens is 348 g/mol. The molecule has 160 valence electrons. The van der Waals surface area contributed by atoms with Crippen molar-refractivity contribution in [2.24, 2.45) is 5.73 Å². The lowest BCUT2D eigenvalue weighted by atomic mass is 10.2. The number of ether oxygens (including phenoxy) is 2. The molecule has 8 nitrogen and oxygen atoms in total. The highest BCUT2D eigenvalue weighted by Crippen LogP contribution is 1.99. The predicted molar refractivity (Wildman–Crippen MR) is 108 cm³/mol. The Morgan fingerprint density at radius 1 is 0.778 bits per heavy atom. The van der Waals surface area contributed by atoms with E-state index in [0.29, 0.717) is 45.9 Å². The molecular formula is C19H40N4O4. The summed E-state index contributed by atoms with van der Waals surface area (Å²) in [5.41, 5.74) is 5.53. The van der Waals surface area contributed by atoms with Gasteiger partial charge in [0.25, 0.3) is 0 Å². The quantitative estimate of drug-likeness (QED) is 0.331. The van der Waals surface area contributed by atoms with Gasteiger partial charge in [-0.15, -0.1) is 0 Å². The zero-order chi connectivity index (χ0) is 20.2. The standard InChI is InChI=1S/C19H40N4O4/c1-3-5-11-21-18(24)26-16-14-23(13-9-7-8-10-20)15-17-27-19(25)22-12-6-4-2/h3-17,20H2,1-2H3,(H,21,24)(H,22,25). The second-order valence-corrected chi connectivity index (χ2v) is 6.52. The van der Waals surface area contributed by atoms with E-state index in [-0.39, 0.29) is 12.2 Å². The molecule has 0 aliphatic heterocycles. The van der Waals surface area contributed by atoms with Gasteiger partial charge in [0.05, 0.1) is 0 Å². The molecule has 0 saturated heterocycles. The number of nitrogens with two attached hydrogens (primary N) is 1. The summed E-state index contributed by atoms with van der Waals surface area (Å²) in [7, 11) is 0. The van der Waals surface area contributed by atoms with Crippen LogP contribution in [0.4, 0.5) is 9.59 Å². The Morgan fingerprint density at radius 2 is 1.30 bits per heavy atom. The number of amides is 2. The topological polar surface area (TPSA) is 106 Å². The maximum absolute atomic E-state index is 11.6. The van der Waals surface area contributed by atoms with Crippen molar-refractivity contribution in [3.05, 3.63) is 0 Å². The molecule has 0 aliphatic carbocycles. The largest absolute Gasteiger partial charge is 0.448 e. The van der Waals surface area contributed by atoms with Gasteiger partial charge in [0.2, 0.25) is 0 Å². The molecule has 0 aromatic carbocycles. The smallest absolute Gasteiger partial charge is 0.407 e.